The molecule has 2 fully saturated rings. The van der Waals surface area contributed by atoms with Gasteiger partial charge in [0.05, 0.1) is 6.42 Å². The SMILES string of the molecule is C=C(C)C(=O)OC=C1OC2(CC(N)=O)CCC1C2. The van der Waals surface area contributed by atoms with E-state index in [1.54, 1.807) is 6.92 Å². The highest BCUT2D eigenvalue weighted by Gasteiger charge is 2.51. The molecule has 98 valence electrons. The second-order valence-corrected chi connectivity index (χ2v) is 5.07. The summed E-state index contributed by atoms with van der Waals surface area (Å²) < 4.78 is 10.7. The molecule has 0 radical (unpaired) electrons. The van der Waals surface area contributed by atoms with E-state index in [4.69, 9.17) is 15.2 Å². The molecule has 2 bridgehead atoms. The van der Waals surface area contributed by atoms with Crippen LogP contribution in [0.4, 0.5) is 0 Å². The van der Waals surface area contributed by atoms with Gasteiger partial charge in [0.25, 0.3) is 0 Å². The normalized spacial score (nSPS) is 31.2. The van der Waals surface area contributed by atoms with Gasteiger partial charge < -0.3 is 15.2 Å². The highest BCUT2D eigenvalue weighted by molar-refractivity contribution is 5.87. The third-order valence-corrected chi connectivity index (χ3v) is 3.43. The smallest absolute Gasteiger partial charge is 0.338 e. The molecule has 0 aromatic heterocycles. The first-order chi connectivity index (χ1) is 8.42. The summed E-state index contributed by atoms with van der Waals surface area (Å²) in [6.07, 6.45) is 4.08. The van der Waals surface area contributed by atoms with Gasteiger partial charge >= 0.3 is 5.97 Å². The molecule has 0 spiro atoms. The molecule has 2 rings (SSSR count). The molecule has 2 unspecified atom stereocenters. The Balaban J connectivity index is 2.02. The van der Waals surface area contributed by atoms with E-state index >= 15 is 0 Å². The molecule has 0 aromatic carbocycles. The average molecular weight is 251 g/mol. The van der Waals surface area contributed by atoms with E-state index in [9.17, 15) is 9.59 Å². The van der Waals surface area contributed by atoms with Gasteiger partial charge in [-0.05, 0) is 26.2 Å². The number of rotatable bonds is 4. The average Bonchev–Trinajstić information content (AvgIpc) is 2.81. The molecule has 1 heterocycles. The van der Waals surface area contributed by atoms with Gasteiger partial charge in [0.2, 0.25) is 5.91 Å². The molecule has 1 amide bonds. The minimum atomic E-state index is -0.474. The minimum Gasteiger partial charge on any atom is -0.488 e. The fraction of sp³-hybridized carbons (Fsp3) is 0.538. The van der Waals surface area contributed by atoms with Crippen LogP contribution in [0.1, 0.15) is 32.6 Å². The Morgan fingerprint density at radius 2 is 2.39 bits per heavy atom. The van der Waals surface area contributed by atoms with Crippen LogP contribution in [0.3, 0.4) is 0 Å². The monoisotopic (exact) mass is 251 g/mol. The minimum absolute atomic E-state index is 0.218. The van der Waals surface area contributed by atoms with Crippen LogP contribution in [-0.4, -0.2) is 17.5 Å². The predicted molar refractivity (Wildman–Crippen MR) is 64.0 cm³/mol. The maximum Gasteiger partial charge on any atom is 0.338 e. The first-order valence-electron chi connectivity index (χ1n) is 5.96. The molecule has 5 nitrogen and oxygen atoms in total. The Hall–Kier alpha value is -1.78. The van der Waals surface area contributed by atoms with Gasteiger partial charge in [-0.2, -0.15) is 0 Å². The number of primary amides is 1. The summed E-state index contributed by atoms with van der Waals surface area (Å²) in [7, 11) is 0. The number of amides is 1. The standard InChI is InChI=1S/C13H17NO4/c1-8(2)12(16)17-7-10-9-3-4-13(5-9,18-10)6-11(14)15/h7,9H,1,3-6H2,2H3,(H2,14,15). The summed E-state index contributed by atoms with van der Waals surface area (Å²) in [6.45, 7) is 5.08. The van der Waals surface area contributed by atoms with Crippen LogP contribution in [0.15, 0.2) is 24.2 Å². The molecule has 5 heteroatoms. The van der Waals surface area contributed by atoms with Crippen molar-refractivity contribution in [2.45, 2.75) is 38.2 Å². The van der Waals surface area contributed by atoms with E-state index in [0.717, 1.165) is 19.3 Å². The fourth-order valence-electron chi connectivity index (χ4n) is 2.61. The van der Waals surface area contributed by atoms with Gasteiger partial charge in [-0.25, -0.2) is 4.79 Å². The third-order valence-electron chi connectivity index (χ3n) is 3.43. The first kappa shape index (κ1) is 12.7. The molecular formula is C13H17NO4. The molecule has 1 aliphatic heterocycles. The Bertz CT molecular complexity index is 440. The topological polar surface area (TPSA) is 78.6 Å². The van der Waals surface area contributed by atoms with Crippen LogP contribution in [0, 0.1) is 5.92 Å². The summed E-state index contributed by atoms with van der Waals surface area (Å²) >= 11 is 0. The number of hydrogen-bond donors (Lipinski definition) is 1. The number of ether oxygens (including phenoxy) is 2. The van der Waals surface area contributed by atoms with Crippen molar-refractivity contribution >= 4 is 11.9 Å². The third kappa shape index (κ3) is 2.39. The Morgan fingerprint density at radius 1 is 1.67 bits per heavy atom. The van der Waals surface area contributed by atoms with Crippen LogP contribution in [0.2, 0.25) is 0 Å². The van der Waals surface area contributed by atoms with Crippen LogP contribution >= 0.6 is 0 Å². The molecule has 2 N–H and O–H groups in total. The van der Waals surface area contributed by atoms with Crippen molar-refractivity contribution in [1.82, 2.24) is 0 Å². The molecular weight excluding hydrogens is 234 g/mol. The van der Waals surface area contributed by atoms with Gasteiger partial charge in [0.1, 0.15) is 17.6 Å². The zero-order valence-electron chi connectivity index (χ0n) is 10.4. The first-order valence-corrected chi connectivity index (χ1v) is 5.96. The van der Waals surface area contributed by atoms with Gasteiger partial charge in [0, 0.05) is 11.5 Å². The van der Waals surface area contributed by atoms with Crippen LogP contribution in [0.5, 0.6) is 0 Å². The lowest BCUT2D eigenvalue weighted by atomic mass is 9.98. The van der Waals surface area contributed by atoms with E-state index in [2.05, 4.69) is 6.58 Å². The van der Waals surface area contributed by atoms with Crippen molar-refractivity contribution in [3.8, 4) is 0 Å². The molecule has 1 aliphatic carbocycles. The van der Waals surface area contributed by atoms with E-state index in [1.807, 2.05) is 0 Å². The maximum atomic E-state index is 11.3. The summed E-state index contributed by atoms with van der Waals surface area (Å²) in [6, 6.07) is 0. The summed E-state index contributed by atoms with van der Waals surface area (Å²) in [4.78, 5) is 22.3. The quantitative estimate of drug-likeness (QED) is 0.465. The zero-order chi connectivity index (χ0) is 13.3. The molecule has 1 saturated heterocycles. The van der Waals surface area contributed by atoms with Crippen molar-refractivity contribution in [2.24, 2.45) is 11.7 Å². The van der Waals surface area contributed by atoms with Crippen molar-refractivity contribution in [3.63, 3.8) is 0 Å². The second-order valence-electron chi connectivity index (χ2n) is 5.07. The lowest BCUT2D eigenvalue weighted by Gasteiger charge is -2.27. The molecule has 0 aromatic rings. The zero-order valence-corrected chi connectivity index (χ0v) is 10.4. The summed E-state index contributed by atoms with van der Waals surface area (Å²) in [5, 5.41) is 0. The second kappa shape index (κ2) is 4.48. The summed E-state index contributed by atoms with van der Waals surface area (Å²) in [5.41, 5.74) is 5.08. The number of carbonyl (C=O) groups is 2. The Kier molecular flexibility index (Phi) is 3.15. The van der Waals surface area contributed by atoms with E-state index in [0.29, 0.717) is 11.3 Å². The van der Waals surface area contributed by atoms with Crippen molar-refractivity contribution in [2.75, 3.05) is 0 Å². The van der Waals surface area contributed by atoms with Crippen molar-refractivity contribution in [1.29, 1.82) is 0 Å². The number of hydrogen-bond acceptors (Lipinski definition) is 4. The van der Waals surface area contributed by atoms with Gasteiger partial charge in [-0.1, -0.05) is 6.58 Å². The van der Waals surface area contributed by atoms with Crippen LogP contribution in [0.25, 0.3) is 0 Å². The predicted octanol–water partition coefficient (Wildman–Crippen LogP) is 1.39. The lowest BCUT2D eigenvalue weighted by Crippen LogP contribution is -2.32. The molecule has 2 aliphatic rings. The number of esters is 1. The lowest BCUT2D eigenvalue weighted by molar-refractivity contribution is -0.134. The molecule has 2 atom stereocenters. The Labute approximate surface area is 106 Å². The number of nitrogens with two attached hydrogens (primary N) is 1. The maximum absolute atomic E-state index is 11.3. The van der Waals surface area contributed by atoms with Gasteiger partial charge in [-0.3, -0.25) is 4.79 Å². The number of fused-ring (bicyclic) bond motifs is 2. The number of carbonyl (C=O) groups excluding carboxylic acids is 2. The van der Waals surface area contributed by atoms with Crippen LogP contribution in [-0.2, 0) is 19.1 Å². The van der Waals surface area contributed by atoms with Crippen molar-refractivity contribution < 1.29 is 19.1 Å². The number of allylic oxidation sites excluding steroid dienone is 1. The van der Waals surface area contributed by atoms with Gasteiger partial charge in [0.15, 0.2) is 0 Å². The Morgan fingerprint density at radius 3 is 3.00 bits per heavy atom. The van der Waals surface area contributed by atoms with E-state index in [-0.39, 0.29) is 18.2 Å². The van der Waals surface area contributed by atoms with Crippen molar-refractivity contribution in [3.05, 3.63) is 24.2 Å². The highest BCUT2D eigenvalue weighted by atomic mass is 16.6. The molecule has 1 saturated carbocycles. The van der Waals surface area contributed by atoms with Gasteiger partial charge in [-0.15, -0.1) is 0 Å². The van der Waals surface area contributed by atoms with E-state index in [1.165, 1.54) is 6.26 Å². The van der Waals surface area contributed by atoms with E-state index < -0.39 is 11.6 Å². The van der Waals surface area contributed by atoms with Crippen LogP contribution < -0.4 is 5.73 Å². The summed E-state index contributed by atoms with van der Waals surface area (Å²) in [5.74, 6) is 0.0213. The highest BCUT2D eigenvalue weighted by Crippen LogP contribution is 2.51. The fourth-order valence-corrected chi connectivity index (χ4v) is 2.61. The molecule has 18 heavy (non-hydrogen) atoms. The largest absolute Gasteiger partial charge is 0.488 e.